The van der Waals surface area contributed by atoms with Gasteiger partial charge in [-0.2, -0.15) is 5.10 Å². The maximum atomic E-state index is 12.1. The fraction of sp³-hybridized carbons (Fsp3) is 0.481. The van der Waals surface area contributed by atoms with E-state index >= 15 is 0 Å². The lowest BCUT2D eigenvalue weighted by Gasteiger charge is -2.12. The molecule has 2 rings (SSSR count). The quantitative estimate of drug-likeness (QED) is 0.194. The molecule has 0 bridgehead atoms. The van der Waals surface area contributed by atoms with Gasteiger partial charge in [-0.1, -0.05) is 57.6 Å². The molecule has 0 saturated heterocycles. The summed E-state index contributed by atoms with van der Waals surface area (Å²) in [4.78, 5) is 12.1. The van der Waals surface area contributed by atoms with Crippen LogP contribution < -0.4 is 19.6 Å². The van der Waals surface area contributed by atoms with Crippen LogP contribution in [0, 0.1) is 0 Å². The summed E-state index contributed by atoms with van der Waals surface area (Å²) in [6.07, 6.45) is 10.6. The normalized spacial score (nSPS) is 10.9. The molecule has 180 valence electrons. The smallest absolute Gasteiger partial charge is 0.244 e. The minimum Gasteiger partial charge on any atom is -0.497 e. The van der Waals surface area contributed by atoms with E-state index in [4.69, 9.17) is 14.2 Å². The highest BCUT2D eigenvalue weighted by Gasteiger charge is 2.07. The van der Waals surface area contributed by atoms with Crippen molar-refractivity contribution in [3.05, 3.63) is 53.6 Å². The standard InChI is InChI=1S/C27H38N2O4/c1-4-6-7-8-9-10-11-18-33-25-17-14-23(19-26(25)32-5-2)21-28-29-27(30)20-22-12-15-24(31-3)16-13-22/h12-17,19,21H,4-11,18,20H2,1-3H3,(H,29,30)/b28-21-. The largest absolute Gasteiger partial charge is 0.497 e. The second-order valence-electron chi connectivity index (χ2n) is 7.93. The highest BCUT2D eigenvalue weighted by molar-refractivity contribution is 5.84. The van der Waals surface area contributed by atoms with Crippen LogP contribution in [0.2, 0.25) is 0 Å². The van der Waals surface area contributed by atoms with Gasteiger partial charge in [-0.3, -0.25) is 4.79 Å². The highest BCUT2D eigenvalue weighted by Crippen LogP contribution is 2.28. The Morgan fingerprint density at radius 1 is 0.909 bits per heavy atom. The molecule has 0 radical (unpaired) electrons. The molecule has 1 amide bonds. The fourth-order valence-corrected chi connectivity index (χ4v) is 3.38. The van der Waals surface area contributed by atoms with Gasteiger partial charge in [0.1, 0.15) is 5.75 Å². The number of rotatable bonds is 16. The van der Waals surface area contributed by atoms with Gasteiger partial charge in [-0.25, -0.2) is 5.43 Å². The minimum atomic E-state index is -0.184. The molecule has 0 heterocycles. The molecule has 0 fully saturated rings. The van der Waals surface area contributed by atoms with Crippen molar-refractivity contribution in [1.82, 2.24) is 5.43 Å². The third kappa shape index (κ3) is 10.4. The summed E-state index contributed by atoms with van der Waals surface area (Å²) in [5, 5.41) is 4.07. The topological polar surface area (TPSA) is 69.2 Å². The summed E-state index contributed by atoms with van der Waals surface area (Å²) >= 11 is 0. The Morgan fingerprint density at radius 2 is 1.64 bits per heavy atom. The van der Waals surface area contributed by atoms with Crippen LogP contribution in [-0.4, -0.2) is 32.4 Å². The molecule has 0 aliphatic carbocycles. The van der Waals surface area contributed by atoms with Crippen LogP contribution in [0.15, 0.2) is 47.6 Å². The predicted octanol–water partition coefficient (Wildman–Crippen LogP) is 5.92. The molecule has 0 aromatic heterocycles. The molecule has 6 heteroatoms. The van der Waals surface area contributed by atoms with Gasteiger partial charge in [-0.15, -0.1) is 0 Å². The third-order valence-electron chi connectivity index (χ3n) is 5.20. The van der Waals surface area contributed by atoms with E-state index in [9.17, 15) is 4.79 Å². The predicted molar refractivity (Wildman–Crippen MR) is 134 cm³/mol. The molecular weight excluding hydrogens is 416 g/mol. The molecule has 0 unspecified atom stereocenters. The van der Waals surface area contributed by atoms with Crippen molar-refractivity contribution >= 4 is 12.1 Å². The summed E-state index contributed by atoms with van der Waals surface area (Å²) in [7, 11) is 1.61. The first-order chi connectivity index (χ1) is 16.2. The molecule has 0 atom stereocenters. The van der Waals surface area contributed by atoms with Gasteiger partial charge >= 0.3 is 0 Å². The van der Waals surface area contributed by atoms with E-state index in [1.165, 1.54) is 38.5 Å². The van der Waals surface area contributed by atoms with Gasteiger partial charge in [0.2, 0.25) is 5.91 Å². The Morgan fingerprint density at radius 3 is 2.33 bits per heavy atom. The lowest BCUT2D eigenvalue weighted by molar-refractivity contribution is -0.120. The monoisotopic (exact) mass is 454 g/mol. The van der Waals surface area contributed by atoms with Crippen molar-refractivity contribution in [3.8, 4) is 17.2 Å². The number of ether oxygens (including phenoxy) is 3. The maximum Gasteiger partial charge on any atom is 0.244 e. The number of amides is 1. The van der Waals surface area contributed by atoms with E-state index in [2.05, 4.69) is 17.5 Å². The highest BCUT2D eigenvalue weighted by atomic mass is 16.5. The van der Waals surface area contributed by atoms with Gasteiger partial charge < -0.3 is 14.2 Å². The molecule has 0 saturated carbocycles. The number of benzene rings is 2. The summed E-state index contributed by atoms with van der Waals surface area (Å²) in [5.74, 6) is 2.01. The van der Waals surface area contributed by atoms with Crippen molar-refractivity contribution in [2.75, 3.05) is 20.3 Å². The van der Waals surface area contributed by atoms with Crippen molar-refractivity contribution in [3.63, 3.8) is 0 Å². The van der Waals surface area contributed by atoms with Crippen LogP contribution in [0.25, 0.3) is 0 Å². The average Bonchev–Trinajstić information content (AvgIpc) is 2.82. The minimum absolute atomic E-state index is 0.184. The molecular formula is C27H38N2O4. The average molecular weight is 455 g/mol. The van der Waals surface area contributed by atoms with Crippen molar-refractivity contribution < 1.29 is 19.0 Å². The van der Waals surface area contributed by atoms with Crippen molar-refractivity contribution in [2.24, 2.45) is 5.10 Å². The van der Waals surface area contributed by atoms with Gasteiger partial charge in [0, 0.05) is 0 Å². The second kappa shape index (κ2) is 15.7. The van der Waals surface area contributed by atoms with E-state index in [0.717, 1.165) is 29.0 Å². The van der Waals surface area contributed by atoms with E-state index in [-0.39, 0.29) is 12.3 Å². The van der Waals surface area contributed by atoms with Crippen molar-refractivity contribution in [2.45, 2.75) is 65.2 Å². The lowest BCUT2D eigenvalue weighted by Crippen LogP contribution is -2.19. The SMILES string of the molecule is CCCCCCCCCOc1ccc(/C=N\NC(=O)Cc2ccc(OC)cc2)cc1OCC. The van der Waals surface area contributed by atoms with Gasteiger partial charge in [0.05, 0.1) is 33.0 Å². The Bertz CT molecular complexity index is 850. The first-order valence-electron chi connectivity index (χ1n) is 12.0. The zero-order chi connectivity index (χ0) is 23.7. The Kier molecular flexibility index (Phi) is 12.5. The number of hydrogen-bond acceptors (Lipinski definition) is 5. The Labute approximate surface area is 198 Å². The number of nitrogens with zero attached hydrogens (tertiary/aromatic N) is 1. The maximum absolute atomic E-state index is 12.1. The molecule has 2 aromatic carbocycles. The number of nitrogens with one attached hydrogen (secondary N) is 1. The number of carbonyl (C=O) groups excluding carboxylic acids is 1. The first-order valence-corrected chi connectivity index (χ1v) is 12.0. The van der Waals surface area contributed by atoms with E-state index in [0.29, 0.717) is 19.0 Å². The van der Waals surface area contributed by atoms with Crippen LogP contribution in [0.5, 0.6) is 17.2 Å². The number of carbonyl (C=O) groups is 1. The van der Waals surface area contributed by atoms with Crippen LogP contribution >= 0.6 is 0 Å². The van der Waals surface area contributed by atoms with Crippen LogP contribution in [-0.2, 0) is 11.2 Å². The molecule has 2 aromatic rings. The molecule has 1 N–H and O–H groups in total. The van der Waals surface area contributed by atoms with Crippen molar-refractivity contribution in [1.29, 1.82) is 0 Å². The van der Waals surface area contributed by atoms with E-state index < -0.39 is 0 Å². The fourth-order valence-electron chi connectivity index (χ4n) is 3.38. The first kappa shape index (κ1) is 26.2. The van der Waals surface area contributed by atoms with Gasteiger partial charge in [0.15, 0.2) is 11.5 Å². The summed E-state index contributed by atoms with van der Waals surface area (Å²) in [5.41, 5.74) is 4.29. The van der Waals surface area contributed by atoms with Crippen LogP contribution in [0.4, 0.5) is 0 Å². The van der Waals surface area contributed by atoms with Crippen LogP contribution in [0.1, 0.15) is 69.9 Å². The van der Waals surface area contributed by atoms with E-state index in [1.54, 1.807) is 13.3 Å². The summed E-state index contributed by atoms with van der Waals surface area (Å²) in [6, 6.07) is 13.1. The molecule has 6 nitrogen and oxygen atoms in total. The molecule has 0 aliphatic heterocycles. The Balaban J connectivity index is 1.80. The number of hydrazone groups is 1. The second-order valence-corrected chi connectivity index (χ2v) is 7.93. The zero-order valence-electron chi connectivity index (χ0n) is 20.3. The number of hydrogen-bond donors (Lipinski definition) is 1. The third-order valence-corrected chi connectivity index (χ3v) is 5.20. The van der Waals surface area contributed by atoms with Gasteiger partial charge in [0.25, 0.3) is 0 Å². The zero-order valence-corrected chi connectivity index (χ0v) is 20.3. The molecule has 0 aliphatic rings. The Hall–Kier alpha value is -3.02. The summed E-state index contributed by atoms with van der Waals surface area (Å²) in [6.45, 7) is 5.41. The molecule has 33 heavy (non-hydrogen) atoms. The molecule has 0 spiro atoms. The van der Waals surface area contributed by atoms with Crippen LogP contribution in [0.3, 0.4) is 0 Å². The van der Waals surface area contributed by atoms with E-state index in [1.807, 2.05) is 49.4 Å². The number of unbranched alkanes of at least 4 members (excludes halogenated alkanes) is 6. The lowest BCUT2D eigenvalue weighted by atomic mass is 10.1. The number of methoxy groups -OCH3 is 1. The summed E-state index contributed by atoms with van der Waals surface area (Å²) < 4.78 is 16.8. The van der Waals surface area contributed by atoms with Gasteiger partial charge in [-0.05, 0) is 54.8 Å².